The van der Waals surface area contributed by atoms with Crippen LogP contribution in [0.1, 0.15) is 49.1 Å². The van der Waals surface area contributed by atoms with Crippen LogP contribution in [-0.4, -0.2) is 52.6 Å². The maximum atomic E-state index is 13.6. The molecule has 41 heavy (non-hydrogen) atoms. The van der Waals surface area contributed by atoms with Gasteiger partial charge in [0.15, 0.2) is 0 Å². The number of aromatic nitrogens is 1. The topological polar surface area (TPSA) is 115 Å². The number of carbonyl (C=O) groups is 3. The van der Waals surface area contributed by atoms with Gasteiger partial charge in [-0.1, -0.05) is 24.1 Å². The van der Waals surface area contributed by atoms with Crippen molar-refractivity contribution in [2.75, 3.05) is 6.54 Å². The first-order valence-corrected chi connectivity index (χ1v) is 12.5. The summed E-state index contributed by atoms with van der Waals surface area (Å²) >= 11 is 0. The molecule has 0 unspecified atom stereocenters. The van der Waals surface area contributed by atoms with Crippen molar-refractivity contribution in [2.24, 2.45) is 5.73 Å². The molecule has 1 saturated heterocycles. The number of rotatable bonds is 7. The van der Waals surface area contributed by atoms with Crippen molar-refractivity contribution in [3.63, 3.8) is 0 Å². The van der Waals surface area contributed by atoms with Crippen molar-refractivity contribution < 1.29 is 45.5 Å². The molecule has 8 nitrogen and oxygen atoms in total. The predicted octanol–water partition coefficient (Wildman–Crippen LogP) is 3.43. The standard InChI is InChI=1S/C27H24F6N4O4/c28-26(29,30)21-5-1-3-17(35-21)8-9-18(15-22(34)38)36-23(39)20-4-2-14-37(20)24(40)25(12-13-25)16-6-10-19(11-7-16)41-27(31,32)33/h1,3,5-7,10-11,18,20H,2,4,12-15H2,(H2,34,38)(H,36,39)/t18-,20+/m1/s1. The SMILES string of the molecule is NC(=O)C[C@@H](C#Cc1cccc(C(F)(F)F)n1)NC(=O)[C@@H]1CCCN1C(=O)C1(c2ccc(OC(F)(F)F)cc2)CC1. The van der Waals surface area contributed by atoms with Gasteiger partial charge in [-0.15, -0.1) is 13.2 Å². The van der Waals surface area contributed by atoms with Gasteiger partial charge in [0, 0.05) is 6.54 Å². The Morgan fingerprint density at radius 2 is 1.78 bits per heavy atom. The fourth-order valence-corrected chi connectivity index (χ4v) is 4.71. The fraction of sp³-hybridized carbons (Fsp3) is 0.407. The Morgan fingerprint density at radius 1 is 1.10 bits per heavy atom. The highest BCUT2D eigenvalue weighted by Gasteiger charge is 2.55. The molecule has 0 spiro atoms. The average molecular weight is 583 g/mol. The third kappa shape index (κ3) is 7.27. The van der Waals surface area contributed by atoms with Gasteiger partial charge in [-0.25, -0.2) is 4.98 Å². The van der Waals surface area contributed by atoms with E-state index >= 15 is 0 Å². The predicted molar refractivity (Wildman–Crippen MR) is 131 cm³/mol. The molecule has 2 aliphatic rings. The number of likely N-dealkylation sites (tertiary alicyclic amines) is 1. The van der Waals surface area contributed by atoms with Crippen LogP contribution in [0.3, 0.4) is 0 Å². The molecule has 0 radical (unpaired) electrons. The largest absolute Gasteiger partial charge is 0.573 e. The van der Waals surface area contributed by atoms with Gasteiger partial charge >= 0.3 is 12.5 Å². The number of alkyl halides is 6. The molecule has 1 aromatic carbocycles. The van der Waals surface area contributed by atoms with Crippen LogP contribution in [0.15, 0.2) is 42.5 Å². The lowest BCUT2D eigenvalue weighted by Crippen LogP contribution is -2.51. The summed E-state index contributed by atoms with van der Waals surface area (Å²) in [4.78, 5) is 43.2. The summed E-state index contributed by atoms with van der Waals surface area (Å²) in [6.07, 6.45) is -8.29. The molecule has 2 atom stereocenters. The summed E-state index contributed by atoms with van der Waals surface area (Å²) in [7, 11) is 0. The second kappa shape index (κ2) is 11.3. The number of ether oxygens (including phenoxy) is 1. The molecule has 3 amide bonds. The number of nitrogens with one attached hydrogen (secondary N) is 1. The lowest BCUT2D eigenvalue weighted by molar-refractivity contribution is -0.274. The van der Waals surface area contributed by atoms with Gasteiger partial charge < -0.3 is 20.7 Å². The highest BCUT2D eigenvalue weighted by molar-refractivity contribution is 5.96. The Labute approximate surface area is 230 Å². The summed E-state index contributed by atoms with van der Waals surface area (Å²) in [6.45, 7) is 0.258. The minimum absolute atomic E-state index is 0.233. The molecular formula is C27H24F6N4O4. The van der Waals surface area contributed by atoms with Gasteiger partial charge in [0.25, 0.3) is 0 Å². The number of primary amides is 1. The average Bonchev–Trinajstić information content (AvgIpc) is 3.54. The van der Waals surface area contributed by atoms with Gasteiger partial charge in [-0.05, 0) is 61.4 Å². The van der Waals surface area contributed by atoms with E-state index in [-0.39, 0.29) is 18.1 Å². The highest BCUT2D eigenvalue weighted by atomic mass is 19.4. The number of halogens is 6. The first kappa shape index (κ1) is 29.7. The number of pyridine rings is 1. The molecule has 1 aliphatic carbocycles. The van der Waals surface area contributed by atoms with Crippen LogP contribution < -0.4 is 15.8 Å². The van der Waals surface area contributed by atoms with Crippen LogP contribution >= 0.6 is 0 Å². The van der Waals surface area contributed by atoms with Crippen LogP contribution in [0.25, 0.3) is 0 Å². The molecule has 1 aromatic heterocycles. The Hall–Kier alpha value is -4.28. The van der Waals surface area contributed by atoms with Crippen LogP contribution in [0.4, 0.5) is 26.3 Å². The van der Waals surface area contributed by atoms with Crippen molar-refractivity contribution in [1.29, 1.82) is 0 Å². The summed E-state index contributed by atoms with van der Waals surface area (Å²) in [5.41, 5.74) is 3.38. The molecule has 2 fully saturated rings. The van der Waals surface area contributed by atoms with E-state index < -0.39 is 59.7 Å². The van der Waals surface area contributed by atoms with Gasteiger partial charge in [0.2, 0.25) is 17.7 Å². The zero-order valence-corrected chi connectivity index (χ0v) is 21.3. The highest BCUT2D eigenvalue weighted by Crippen LogP contribution is 2.50. The van der Waals surface area contributed by atoms with Crippen molar-refractivity contribution in [1.82, 2.24) is 15.2 Å². The Balaban J connectivity index is 1.48. The Kier molecular flexibility index (Phi) is 8.19. The van der Waals surface area contributed by atoms with Gasteiger partial charge in [0.1, 0.15) is 23.2 Å². The molecule has 4 rings (SSSR count). The molecule has 2 aromatic rings. The second-order valence-electron chi connectivity index (χ2n) is 9.72. The molecule has 3 N–H and O–H groups in total. The van der Waals surface area contributed by atoms with Crippen LogP contribution in [0.5, 0.6) is 5.75 Å². The van der Waals surface area contributed by atoms with E-state index in [2.05, 4.69) is 26.9 Å². The maximum absolute atomic E-state index is 13.6. The second-order valence-corrected chi connectivity index (χ2v) is 9.72. The zero-order chi connectivity index (χ0) is 30.0. The Bertz CT molecular complexity index is 1380. The quantitative estimate of drug-likeness (QED) is 0.384. The van der Waals surface area contributed by atoms with Gasteiger partial charge in [0.05, 0.1) is 17.9 Å². The first-order valence-electron chi connectivity index (χ1n) is 12.5. The lowest BCUT2D eigenvalue weighted by atomic mass is 9.93. The lowest BCUT2D eigenvalue weighted by Gasteiger charge is -2.29. The molecule has 1 saturated carbocycles. The monoisotopic (exact) mass is 582 g/mol. The number of hydrogen-bond donors (Lipinski definition) is 2. The molecule has 2 heterocycles. The Morgan fingerprint density at radius 3 is 2.37 bits per heavy atom. The summed E-state index contributed by atoms with van der Waals surface area (Å²) in [5.74, 6) is 2.72. The molecule has 1 aliphatic heterocycles. The normalized spacial score (nSPS) is 18.6. The van der Waals surface area contributed by atoms with E-state index in [4.69, 9.17) is 5.73 Å². The first-order chi connectivity index (χ1) is 19.2. The molecular weight excluding hydrogens is 558 g/mol. The number of amides is 3. The summed E-state index contributed by atoms with van der Waals surface area (Å²) < 4.78 is 80.2. The number of hydrogen-bond acceptors (Lipinski definition) is 5. The minimum Gasteiger partial charge on any atom is -0.406 e. The maximum Gasteiger partial charge on any atom is 0.573 e. The smallest absolute Gasteiger partial charge is 0.406 e. The molecule has 14 heteroatoms. The van der Waals surface area contributed by atoms with Crippen molar-refractivity contribution in [3.05, 3.63) is 59.4 Å². The number of benzene rings is 1. The fourth-order valence-electron chi connectivity index (χ4n) is 4.71. The third-order valence-electron chi connectivity index (χ3n) is 6.75. The van der Waals surface area contributed by atoms with Crippen molar-refractivity contribution in [3.8, 4) is 17.6 Å². The summed E-state index contributed by atoms with van der Waals surface area (Å²) in [5, 5.41) is 2.55. The number of carbonyl (C=O) groups excluding carboxylic acids is 3. The van der Waals surface area contributed by atoms with Gasteiger partial charge in [-0.2, -0.15) is 13.2 Å². The van der Waals surface area contributed by atoms with Crippen molar-refractivity contribution >= 4 is 17.7 Å². The minimum atomic E-state index is -4.86. The van der Waals surface area contributed by atoms with E-state index in [1.165, 1.54) is 23.1 Å². The third-order valence-corrected chi connectivity index (χ3v) is 6.75. The van der Waals surface area contributed by atoms with E-state index in [1.54, 1.807) is 0 Å². The van der Waals surface area contributed by atoms with Crippen LogP contribution in [0.2, 0.25) is 0 Å². The number of nitrogens with two attached hydrogens (primary N) is 1. The van der Waals surface area contributed by atoms with E-state index in [0.29, 0.717) is 31.2 Å². The molecule has 0 bridgehead atoms. The zero-order valence-electron chi connectivity index (χ0n) is 21.3. The van der Waals surface area contributed by atoms with Crippen LogP contribution in [-0.2, 0) is 26.0 Å². The van der Waals surface area contributed by atoms with Crippen LogP contribution in [0, 0.1) is 11.8 Å². The van der Waals surface area contributed by atoms with Crippen molar-refractivity contribution in [2.45, 2.75) is 62.1 Å². The molecule has 218 valence electrons. The van der Waals surface area contributed by atoms with E-state index in [1.807, 2.05) is 0 Å². The van der Waals surface area contributed by atoms with E-state index in [0.717, 1.165) is 24.3 Å². The van der Waals surface area contributed by atoms with Gasteiger partial charge in [-0.3, -0.25) is 14.4 Å². The van der Waals surface area contributed by atoms with E-state index in [9.17, 15) is 40.7 Å². The summed E-state index contributed by atoms with van der Waals surface area (Å²) in [6, 6.07) is 6.06. The number of nitrogens with zero attached hydrogens (tertiary/aromatic N) is 2.